The van der Waals surface area contributed by atoms with Crippen LogP contribution in [-0.4, -0.2) is 23.5 Å². The maximum atomic E-state index is 12.0. The number of carbonyl (C=O) groups excluding carboxylic acids is 1. The lowest BCUT2D eigenvalue weighted by Crippen LogP contribution is -2.38. The first-order valence-corrected chi connectivity index (χ1v) is 6.68. The van der Waals surface area contributed by atoms with Gasteiger partial charge in [0, 0.05) is 30.9 Å². The van der Waals surface area contributed by atoms with Crippen LogP contribution in [0.5, 0.6) is 0 Å². The van der Waals surface area contributed by atoms with Crippen LogP contribution in [0.25, 0.3) is 0 Å². The van der Waals surface area contributed by atoms with Crippen LogP contribution in [0.3, 0.4) is 0 Å². The molecule has 1 fully saturated rings. The SMILES string of the molecule is NC1CCCC(C(=O)NCCc2cccnc2)C1. The van der Waals surface area contributed by atoms with Crippen molar-refractivity contribution in [3.8, 4) is 0 Å². The summed E-state index contributed by atoms with van der Waals surface area (Å²) in [6.07, 6.45) is 8.36. The highest BCUT2D eigenvalue weighted by Gasteiger charge is 2.24. The maximum absolute atomic E-state index is 12.0. The van der Waals surface area contributed by atoms with E-state index in [1.807, 2.05) is 18.3 Å². The van der Waals surface area contributed by atoms with Crippen molar-refractivity contribution in [1.82, 2.24) is 10.3 Å². The van der Waals surface area contributed by atoms with Gasteiger partial charge in [-0.05, 0) is 37.3 Å². The molecule has 2 rings (SSSR count). The monoisotopic (exact) mass is 247 g/mol. The van der Waals surface area contributed by atoms with E-state index < -0.39 is 0 Å². The molecule has 4 nitrogen and oxygen atoms in total. The molecule has 18 heavy (non-hydrogen) atoms. The van der Waals surface area contributed by atoms with E-state index in [4.69, 9.17) is 5.73 Å². The van der Waals surface area contributed by atoms with Gasteiger partial charge in [0.1, 0.15) is 0 Å². The molecule has 3 N–H and O–H groups in total. The summed E-state index contributed by atoms with van der Waals surface area (Å²) in [5, 5.41) is 3.00. The zero-order valence-electron chi connectivity index (χ0n) is 10.6. The number of hydrogen-bond donors (Lipinski definition) is 2. The highest BCUT2D eigenvalue weighted by Crippen LogP contribution is 2.22. The van der Waals surface area contributed by atoms with Crippen LogP contribution in [0.1, 0.15) is 31.2 Å². The second kappa shape index (κ2) is 6.50. The summed E-state index contributed by atoms with van der Waals surface area (Å²) in [5.41, 5.74) is 7.05. The van der Waals surface area contributed by atoms with Crippen LogP contribution in [0.4, 0.5) is 0 Å². The van der Waals surface area contributed by atoms with Crippen molar-refractivity contribution in [2.75, 3.05) is 6.54 Å². The highest BCUT2D eigenvalue weighted by molar-refractivity contribution is 5.78. The molecule has 0 aliphatic heterocycles. The summed E-state index contributed by atoms with van der Waals surface area (Å²) >= 11 is 0. The van der Waals surface area contributed by atoms with Gasteiger partial charge >= 0.3 is 0 Å². The smallest absolute Gasteiger partial charge is 0.223 e. The summed E-state index contributed by atoms with van der Waals surface area (Å²) in [5.74, 6) is 0.275. The Bertz CT molecular complexity index is 380. The number of nitrogens with one attached hydrogen (secondary N) is 1. The number of aromatic nitrogens is 1. The lowest BCUT2D eigenvalue weighted by molar-refractivity contribution is -0.126. The molecule has 1 aromatic heterocycles. The molecule has 0 bridgehead atoms. The predicted molar refractivity (Wildman–Crippen MR) is 70.9 cm³/mol. The van der Waals surface area contributed by atoms with E-state index in [0.29, 0.717) is 6.54 Å². The van der Waals surface area contributed by atoms with Crippen LogP contribution in [0.15, 0.2) is 24.5 Å². The third-order valence-corrected chi connectivity index (χ3v) is 3.52. The standard InChI is InChI=1S/C14H21N3O/c15-13-5-1-4-12(9-13)14(18)17-8-6-11-3-2-7-16-10-11/h2-3,7,10,12-13H,1,4-6,8-9,15H2,(H,17,18). The minimum Gasteiger partial charge on any atom is -0.356 e. The average molecular weight is 247 g/mol. The number of rotatable bonds is 4. The lowest BCUT2D eigenvalue weighted by Gasteiger charge is -2.25. The molecule has 0 radical (unpaired) electrons. The molecule has 1 saturated carbocycles. The Balaban J connectivity index is 1.71. The Hall–Kier alpha value is -1.42. The average Bonchev–Trinajstić information content (AvgIpc) is 2.40. The van der Waals surface area contributed by atoms with Crippen molar-refractivity contribution in [2.24, 2.45) is 11.7 Å². The number of amides is 1. The van der Waals surface area contributed by atoms with Crippen LogP contribution in [-0.2, 0) is 11.2 Å². The fourth-order valence-corrected chi connectivity index (χ4v) is 2.49. The summed E-state index contributed by atoms with van der Waals surface area (Å²) in [7, 11) is 0. The van der Waals surface area contributed by atoms with E-state index in [9.17, 15) is 4.79 Å². The topological polar surface area (TPSA) is 68.0 Å². The largest absolute Gasteiger partial charge is 0.356 e. The van der Waals surface area contributed by atoms with Gasteiger partial charge in [0.2, 0.25) is 5.91 Å². The molecule has 1 heterocycles. The van der Waals surface area contributed by atoms with Gasteiger partial charge in [0.15, 0.2) is 0 Å². The molecular formula is C14H21N3O. The van der Waals surface area contributed by atoms with E-state index in [2.05, 4.69) is 10.3 Å². The fourth-order valence-electron chi connectivity index (χ4n) is 2.49. The molecule has 0 spiro atoms. The maximum Gasteiger partial charge on any atom is 0.223 e. The fraction of sp³-hybridized carbons (Fsp3) is 0.571. The lowest BCUT2D eigenvalue weighted by atomic mass is 9.85. The van der Waals surface area contributed by atoms with Gasteiger partial charge in [0.05, 0.1) is 0 Å². The normalized spacial score (nSPS) is 23.6. The van der Waals surface area contributed by atoms with Crippen LogP contribution in [0.2, 0.25) is 0 Å². The van der Waals surface area contributed by atoms with Crippen molar-refractivity contribution in [2.45, 2.75) is 38.1 Å². The van der Waals surface area contributed by atoms with Gasteiger partial charge in [-0.25, -0.2) is 0 Å². The van der Waals surface area contributed by atoms with Crippen molar-refractivity contribution in [1.29, 1.82) is 0 Å². The number of pyridine rings is 1. The van der Waals surface area contributed by atoms with Crippen LogP contribution < -0.4 is 11.1 Å². The summed E-state index contributed by atoms with van der Waals surface area (Å²) in [4.78, 5) is 16.0. The second-order valence-corrected chi connectivity index (χ2v) is 5.03. The minimum atomic E-state index is 0.114. The van der Waals surface area contributed by atoms with E-state index in [0.717, 1.165) is 37.7 Å². The predicted octanol–water partition coefficient (Wildman–Crippen LogP) is 1.26. The Morgan fingerprint density at radius 2 is 2.39 bits per heavy atom. The summed E-state index contributed by atoms with van der Waals surface area (Å²) in [6, 6.07) is 4.14. The molecule has 1 aliphatic carbocycles. The molecule has 1 amide bonds. The molecule has 1 aliphatic rings. The summed E-state index contributed by atoms with van der Waals surface area (Å²) in [6.45, 7) is 0.677. The molecule has 0 aromatic carbocycles. The number of nitrogens with zero attached hydrogens (tertiary/aromatic N) is 1. The first-order chi connectivity index (χ1) is 8.75. The zero-order chi connectivity index (χ0) is 12.8. The van der Waals surface area contributed by atoms with E-state index in [-0.39, 0.29) is 17.9 Å². The van der Waals surface area contributed by atoms with Gasteiger partial charge < -0.3 is 11.1 Å². The Kier molecular flexibility index (Phi) is 4.70. The van der Waals surface area contributed by atoms with E-state index >= 15 is 0 Å². The van der Waals surface area contributed by atoms with Gasteiger partial charge in [0.25, 0.3) is 0 Å². The third-order valence-electron chi connectivity index (χ3n) is 3.52. The van der Waals surface area contributed by atoms with E-state index in [1.54, 1.807) is 6.20 Å². The van der Waals surface area contributed by atoms with E-state index in [1.165, 1.54) is 0 Å². The molecular weight excluding hydrogens is 226 g/mol. The van der Waals surface area contributed by atoms with Gasteiger partial charge in [-0.15, -0.1) is 0 Å². The van der Waals surface area contributed by atoms with Gasteiger partial charge in [-0.3, -0.25) is 9.78 Å². The van der Waals surface area contributed by atoms with Gasteiger partial charge in [-0.1, -0.05) is 12.5 Å². The van der Waals surface area contributed by atoms with Crippen molar-refractivity contribution < 1.29 is 4.79 Å². The van der Waals surface area contributed by atoms with Crippen LogP contribution in [0, 0.1) is 5.92 Å². The first-order valence-electron chi connectivity index (χ1n) is 6.68. The van der Waals surface area contributed by atoms with Crippen molar-refractivity contribution in [3.63, 3.8) is 0 Å². The first kappa shape index (κ1) is 13.0. The summed E-state index contributed by atoms with van der Waals surface area (Å²) < 4.78 is 0. The second-order valence-electron chi connectivity index (χ2n) is 5.03. The van der Waals surface area contributed by atoms with Crippen molar-refractivity contribution >= 4 is 5.91 Å². The number of hydrogen-bond acceptors (Lipinski definition) is 3. The van der Waals surface area contributed by atoms with Crippen molar-refractivity contribution in [3.05, 3.63) is 30.1 Å². The molecule has 0 saturated heterocycles. The quantitative estimate of drug-likeness (QED) is 0.841. The Morgan fingerprint density at radius 3 is 3.11 bits per heavy atom. The minimum absolute atomic E-state index is 0.114. The molecule has 1 aromatic rings. The third kappa shape index (κ3) is 3.81. The highest BCUT2D eigenvalue weighted by atomic mass is 16.1. The number of nitrogens with two attached hydrogens (primary N) is 1. The Morgan fingerprint density at radius 1 is 1.50 bits per heavy atom. The number of carbonyl (C=O) groups is 1. The molecule has 2 unspecified atom stereocenters. The molecule has 98 valence electrons. The molecule has 4 heteroatoms. The molecule has 2 atom stereocenters. The Labute approximate surface area is 108 Å². The zero-order valence-corrected chi connectivity index (χ0v) is 10.6. The van der Waals surface area contributed by atoms with Crippen LogP contribution >= 0.6 is 0 Å². The van der Waals surface area contributed by atoms with Gasteiger partial charge in [-0.2, -0.15) is 0 Å².